The molecule has 0 aromatic rings. The first kappa shape index (κ1) is 21.5. The van der Waals surface area contributed by atoms with Crippen LogP contribution in [0.3, 0.4) is 0 Å². The van der Waals surface area contributed by atoms with Crippen LogP contribution in [-0.4, -0.2) is 21.2 Å². The topological polar surface area (TPSA) is 57.5 Å². The quantitative estimate of drug-likeness (QED) is 0.231. The second kappa shape index (κ2) is 14.1. The number of rotatable bonds is 15. The fourth-order valence-electron chi connectivity index (χ4n) is 2.36. The number of unbranched alkanes of at least 4 members (excludes halogenated alkanes) is 10. The van der Waals surface area contributed by atoms with Gasteiger partial charge in [-0.25, -0.2) is 4.79 Å². The molecule has 0 bridgehead atoms. The van der Waals surface area contributed by atoms with Crippen LogP contribution in [0.5, 0.6) is 0 Å². The molecule has 22 heavy (non-hydrogen) atoms. The van der Waals surface area contributed by atoms with Crippen LogP contribution in [-0.2, 0) is 4.79 Å². The lowest BCUT2D eigenvalue weighted by atomic mass is 10.1. The van der Waals surface area contributed by atoms with Gasteiger partial charge >= 0.3 is 5.97 Å². The lowest BCUT2D eigenvalue weighted by Gasteiger charge is -2.14. The van der Waals surface area contributed by atoms with Gasteiger partial charge in [0, 0.05) is 6.42 Å². The minimum Gasteiger partial charge on any atom is -0.478 e. The summed E-state index contributed by atoms with van der Waals surface area (Å²) >= 11 is 5.47. The number of hydrogen-bond acceptors (Lipinski definition) is 2. The van der Waals surface area contributed by atoms with Crippen molar-refractivity contribution in [1.82, 2.24) is 0 Å². The van der Waals surface area contributed by atoms with E-state index in [1.165, 1.54) is 44.9 Å². The molecule has 0 aromatic carbocycles. The predicted octanol–water partition coefficient (Wildman–Crippen LogP) is 5.65. The van der Waals surface area contributed by atoms with Gasteiger partial charge in [-0.05, 0) is 32.1 Å². The van der Waals surface area contributed by atoms with Crippen LogP contribution >= 0.6 is 11.6 Å². The van der Waals surface area contributed by atoms with E-state index in [0.717, 1.165) is 25.7 Å². The van der Waals surface area contributed by atoms with Gasteiger partial charge < -0.3 is 10.2 Å². The second-order valence-electron chi connectivity index (χ2n) is 6.05. The standard InChI is InChI=1S/C18H33ClO3/c1-2-3-4-5-6-7-8-9-10-11-12-13-14-15-16-18(19,22)17(20)21/h9-10,22H,2-8,11-16H2,1H3,(H,20,21)/b10-9-. The molecule has 0 radical (unpaired) electrons. The maximum atomic E-state index is 10.6. The van der Waals surface area contributed by atoms with Crippen molar-refractivity contribution >= 4 is 17.6 Å². The van der Waals surface area contributed by atoms with E-state index in [4.69, 9.17) is 16.7 Å². The summed E-state index contributed by atoms with van der Waals surface area (Å²) in [6, 6.07) is 0. The Morgan fingerprint density at radius 3 is 1.86 bits per heavy atom. The van der Waals surface area contributed by atoms with Gasteiger partial charge in [0.25, 0.3) is 0 Å². The van der Waals surface area contributed by atoms with Gasteiger partial charge in [-0.15, -0.1) is 0 Å². The number of hydrogen-bond donors (Lipinski definition) is 2. The first-order valence-electron chi connectivity index (χ1n) is 8.80. The zero-order valence-electron chi connectivity index (χ0n) is 14.0. The molecule has 1 atom stereocenters. The SMILES string of the molecule is CCCCCCCC/C=C\CCCCCCC(O)(Cl)C(=O)O. The first-order valence-corrected chi connectivity index (χ1v) is 9.18. The summed E-state index contributed by atoms with van der Waals surface area (Å²) in [6.45, 7) is 2.24. The number of aliphatic hydroxyl groups is 1. The highest BCUT2D eigenvalue weighted by molar-refractivity contribution is 6.32. The average Bonchev–Trinajstić information content (AvgIpc) is 2.47. The fraction of sp³-hybridized carbons (Fsp3) is 0.833. The van der Waals surface area contributed by atoms with Gasteiger partial charge in [0.15, 0.2) is 0 Å². The van der Waals surface area contributed by atoms with Crippen molar-refractivity contribution in [2.75, 3.05) is 0 Å². The van der Waals surface area contributed by atoms with Crippen molar-refractivity contribution in [2.45, 2.75) is 95.5 Å². The Bertz CT molecular complexity index is 301. The Balaban J connectivity index is 3.29. The number of alkyl halides is 1. The van der Waals surface area contributed by atoms with E-state index in [0.29, 0.717) is 6.42 Å². The van der Waals surface area contributed by atoms with Crippen molar-refractivity contribution in [2.24, 2.45) is 0 Å². The van der Waals surface area contributed by atoms with Gasteiger partial charge in [-0.3, -0.25) is 0 Å². The summed E-state index contributed by atoms with van der Waals surface area (Å²) < 4.78 is 0. The maximum absolute atomic E-state index is 10.6. The Labute approximate surface area is 140 Å². The van der Waals surface area contributed by atoms with Gasteiger partial charge in [0.05, 0.1) is 0 Å². The Hall–Kier alpha value is -0.540. The van der Waals surface area contributed by atoms with Crippen LogP contribution in [0.15, 0.2) is 12.2 Å². The third-order valence-corrected chi connectivity index (χ3v) is 4.20. The molecular weight excluding hydrogens is 300 g/mol. The lowest BCUT2D eigenvalue weighted by Crippen LogP contribution is -2.31. The highest BCUT2D eigenvalue weighted by Crippen LogP contribution is 2.20. The number of carbonyl (C=O) groups is 1. The molecule has 130 valence electrons. The summed E-state index contributed by atoms with van der Waals surface area (Å²) in [6.07, 6.45) is 18.7. The van der Waals surface area contributed by atoms with Crippen LogP contribution in [0.2, 0.25) is 0 Å². The van der Waals surface area contributed by atoms with Crippen molar-refractivity contribution in [3.05, 3.63) is 12.2 Å². The van der Waals surface area contributed by atoms with Gasteiger partial charge in [0.2, 0.25) is 5.06 Å². The van der Waals surface area contributed by atoms with Crippen LogP contribution in [0.4, 0.5) is 0 Å². The molecule has 0 rings (SSSR count). The molecule has 0 aliphatic rings. The number of allylic oxidation sites excluding steroid dienone is 2. The van der Waals surface area contributed by atoms with Gasteiger partial charge in [0.1, 0.15) is 0 Å². The first-order chi connectivity index (χ1) is 10.5. The maximum Gasteiger partial charge on any atom is 0.351 e. The minimum atomic E-state index is -2.09. The van der Waals surface area contributed by atoms with Crippen molar-refractivity contribution in [3.63, 3.8) is 0 Å². The predicted molar refractivity (Wildman–Crippen MR) is 93.3 cm³/mol. The number of aliphatic carboxylic acids is 1. The average molecular weight is 333 g/mol. The molecule has 4 heteroatoms. The minimum absolute atomic E-state index is 0.109. The van der Waals surface area contributed by atoms with Crippen molar-refractivity contribution < 1.29 is 15.0 Å². The van der Waals surface area contributed by atoms with Crippen LogP contribution < -0.4 is 0 Å². The third-order valence-electron chi connectivity index (χ3n) is 3.85. The van der Waals surface area contributed by atoms with Crippen LogP contribution in [0.25, 0.3) is 0 Å². The van der Waals surface area contributed by atoms with E-state index < -0.39 is 11.0 Å². The Morgan fingerprint density at radius 1 is 0.909 bits per heavy atom. The third kappa shape index (κ3) is 13.1. The molecule has 0 saturated heterocycles. The van der Waals surface area contributed by atoms with Crippen molar-refractivity contribution in [1.29, 1.82) is 0 Å². The second-order valence-corrected chi connectivity index (χ2v) is 6.67. The summed E-state index contributed by atoms with van der Waals surface area (Å²) in [5.74, 6) is -1.35. The van der Waals surface area contributed by atoms with E-state index in [-0.39, 0.29) is 6.42 Å². The zero-order chi connectivity index (χ0) is 16.7. The lowest BCUT2D eigenvalue weighted by molar-refractivity contribution is -0.150. The number of halogens is 1. The van der Waals surface area contributed by atoms with Crippen LogP contribution in [0.1, 0.15) is 90.4 Å². The smallest absolute Gasteiger partial charge is 0.351 e. The molecule has 0 aliphatic carbocycles. The molecule has 0 aliphatic heterocycles. The molecule has 0 spiro atoms. The van der Waals surface area contributed by atoms with E-state index in [9.17, 15) is 9.90 Å². The molecule has 0 fully saturated rings. The van der Waals surface area contributed by atoms with E-state index in [1.807, 2.05) is 0 Å². The summed E-state index contributed by atoms with van der Waals surface area (Å²) in [5, 5.41) is 15.9. The molecule has 2 N–H and O–H groups in total. The summed E-state index contributed by atoms with van der Waals surface area (Å²) in [7, 11) is 0. The molecule has 0 saturated carbocycles. The van der Waals surface area contributed by atoms with E-state index in [1.54, 1.807) is 0 Å². The number of carboxylic acids is 1. The zero-order valence-corrected chi connectivity index (χ0v) is 14.8. The largest absolute Gasteiger partial charge is 0.478 e. The highest BCUT2D eigenvalue weighted by atomic mass is 35.5. The highest BCUT2D eigenvalue weighted by Gasteiger charge is 2.31. The molecule has 0 aromatic heterocycles. The van der Waals surface area contributed by atoms with Crippen LogP contribution in [0, 0.1) is 0 Å². The molecule has 0 amide bonds. The van der Waals surface area contributed by atoms with Crippen molar-refractivity contribution in [3.8, 4) is 0 Å². The molecule has 3 nitrogen and oxygen atoms in total. The van der Waals surface area contributed by atoms with Gasteiger partial charge in [-0.1, -0.05) is 75.6 Å². The summed E-state index contributed by atoms with van der Waals surface area (Å²) in [5.41, 5.74) is 0. The Kier molecular flexibility index (Phi) is 13.7. The Morgan fingerprint density at radius 2 is 1.36 bits per heavy atom. The van der Waals surface area contributed by atoms with E-state index in [2.05, 4.69) is 19.1 Å². The molecule has 0 heterocycles. The normalized spacial score (nSPS) is 14.3. The van der Waals surface area contributed by atoms with Gasteiger partial charge in [-0.2, -0.15) is 0 Å². The fourth-order valence-corrected chi connectivity index (χ4v) is 2.49. The molecule has 1 unspecified atom stereocenters. The van der Waals surface area contributed by atoms with E-state index >= 15 is 0 Å². The monoisotopic (exact) mass is 332 g/mol. The number of carboxylic acid groups (broad SMARTS) is 1. The molecular formula is C18H33ClO3. The summed E-state index contributed by atoms with van der Waals surface area (Å²) in [4.78, 5) is 10.6.